The highest BCUT2D eigenvalue weighted by Crippen LogP contribution is 2.28. The number of hydrogen-bond donors (Lipinski definition) is 0. The standard InChI is InChI=1S/C21H22N2OS/c1-16(17-7-3-2-4-8-17)22-11-13-23(14-12-22)21(24)19-15-25-20-10-6-5-9-18(19)20/h2-10,15-16H,11-14H2,1H3. The lowest BCUT2D eigenvalue weighted by molar-refractivity contribution is 0.0584. The lowest BCUT2D eigenvalue weighted by Crippen LogP contribution is -2.49. The third kappa shape index (κ3) is 3.20. The molecule has 1 aliphatic rings. The molecular formula is C21H22N2OS. The molecule has 128 valence electrons. The first kappa shape index (κ1) is 16.3. The van der Waals surface area contributed by atoms with Crippen LogP contribution in [0.5, 0.6) is 0 Å². The van der Waals surface area contributed by atoms with Gasteiger partial charge in [0, 0.05) is 47.7 Å². The number of benzene rings is 2. The van der Waals surface area contributed by atoms with Gasteiger partial charge in [-0.2, -0.15) is 0 Å². The second-order valence-corrected chi connectivity index (χ2v) is 7.47. The van der Waals surface area contributed by atoms with Crippen molar-refractivity contribution in [1.82, 2.24) is 9.80 Å². The zero-order valence-corrected chi connectivity index (χ0v) is 15.2. The number of thiophene rings is 1. The molecule has 1 atom stereocenters. The van der Waals surface area contributed by atoms with Gasteiger partial charge in [0.05, 0.1) is 5.56 Å². The summed E-state index contributed by atoms with van der Waals surface area (Å²) in [5.74, 6) is 0.171. The van der Waals surface area contributed by atoms with Crippen LogP contribution in [0.15, 0.2) is 60.0 Å². The number of carbonyl (C=O) groups excluding carboxylic acids is 1. The van der Waals surface area contributed by atoms with Crippen molar-refractivity contribution in [2.75, 3.05) is 26.2 Å². The van der Waals surface area contributed by atoms with Crippen LogP contribution in [0, 0.1) is 0 Å². The average molecular weight is 350 g/mol. The molecule has 3 nitrogen and oxygen atoms in total. The molecule has 2 heterocycles. The molecule has 3 aromatic rings. The van der Waals surface area contributed by atoms with E-state index in [-0.39, 0.29) is 5.91 Å². The number of nitrogens with zero attached hydrogens (tertiary/aromatic N) is 2. The largest absolute Gasteiger partial charge is 0.336 e. The highest BCUT2D eigenvalue weighted by molar-refractivity contribution is 7.17. The Morgan fingerprint density at radius 3 is 2.40 bits per heavy atom. The predicted octanol–water partition coefficient (Wildman–Crippen LogP) is 4.42. The second-order valence-electron chi connectivity index (χ2n) is 6.56. The molecule has 1 aromatic heterocycles. The molecular weight excluding hydrogens is 328 g/mol. The molecule has 1 amide bonds. The first-order chi connectivity index (χ1) is 12.2. The number of rotatable bonds is 3. The minimum atomic E-state index is 0.171. The molecule has 0 saturated carbocycles. The van der Waals surface area contributed by atoms with E-state index in [9.17, 15) is 4.79 Å². The molecule has 4 rings (SSSR count). The van der Waals surface area contributed by atoms with E-state index in [1.165, 1.54) is 10.3 Å². The molecule has 4 heteroatoms. The monoisotopic (exact) mass is 350 g/mol. The highest BCUT2D eigenvalue weighted by Gasteiger charge is 2.26. The Kier molecular flexibility index (Phi) is 4.55. The number of fused-ring (bicyclic) bond motifs is 1. The zero-order chi connectivity index (χ0) is 17.2. The summed E-state index contributed by atoms with van der Waals surface area (Å²) in [6.45, 7) is 5.67. The Hall–Kier alpha value is -2.17. The summed E-state index contributed by atoms with van der Waals surface area (Å²) in [6.07, 6.45) is 0. The minimum Gasteiger partial charge on any atom is -0.336 e. The lowest BCUT2D eigenvalue weighted by atomic mass is 10.1. The Morgan fingerprint density at radius 2 is 1.64 bits per heavy atom. The van der Waals surface area contributed by atoms with Crippen molar-refractivity contribution in [2.45, 2.75) is 13.0 Å². The lowest BCUT2D eigenvalue weighted by Gasteiger charge is -2.38. The maximum Gasteiger partial charge on any atom is 0.255 e. The maximum atomic E-state index is 12.9. The fraction of sp³-hybridized carbons (Fsp3) is 0.286. The number of carbonyl (C=O) groups is 1. The molecule has 2 aromatic carbocycles. The first-order valence-electron chi connectivity index (χ1n) is 8.78. The van der Waals surface area contributed by atoms with Gasteiger partial charge in [-0.05, 0) is 18.6 Å². The van der Waals surface area contributed by atoms with Gasteiger partial charge in [-0.25, -0.2) is 0 Å². The number of amides is 1. The van der Waals surface area contributed by atoms with Crippen molar-refractivity contribution in [1.29, 1.82) is 0 Å². The normalized spacial score (nSPS) is 16.9. The van der Waals surface area contributed by atoms with E-state index >= 15 is 0 Å². The summed E-state index contributed by atoms with van der Waals surface area (Å²) in [7, 11) is 0. The molecule has 25 heavy (non-hydrogen) atoms. The molecule has 0 radical (unpaired) electrons. The van der Waals surface area contributed by atoms with Gasteiger partial charge in [-0.3, -0.25) is 9.69 Å². The van der Waals surface area contributed by atoms with Gasteiger partial charge in [-0.15, -0.1) is 11.3 Å². The van der Waals surface area contributed by atoms with E-state index in [0.717, 1.165) is 37.1 Å². The van der Waals surface area contributed by atoms with E-state index < -0.39 is 0 Å². The van der Waals surface area contributed by atoms with Crippen LogP contribution in [0.25, 0.3) is 10.1 Å². The topological polar surface area (TPSA) is 23.6 Å². The van der Waals surface area contributed by atoms with Gasteiger partial charge < -0.3 is 4.90 Å². The van der Waals surface area contributed by atoms with Gasteiger partial charge >= 0.3 is 0 Å². The first-order valence-corrected chi connectivity index (χ1v) is 9.66. The average Bonchev–Trinajstić information content (AvgIpc) is 3.12. The third-order valence-corrected chi connectivity index (χ3v) is 6.11. The summed E-state index contributed by atoms with van der Waals surface area (Å²) in [5, 5.41) is 3.09. The molecule has 0 aliphatic carbocycles. The number of hydrogen-bond acceptors (Lipinski definition) is 3. The van der Waals surface area contributed by atoms with Crippen LogP contribution in [0.2, 0.25) is 0 Å². The molecule has 1 fully saturated rings. The van der Waals surface area contributed by atoms with E-state index in [1.807, 2.05) is 28.5 Å². The summed E-state index contributed by atoms with van der Waals surface area (Å²) < 4.78 is 1.18. The predicted molar refractivity (Wildman–Crippen MR) is 104 cm³/mol. The molecule has 1 aliphatic heterocycles. The van der Waals surface area contributed by atoms with E-state index in [1.54, 1.807) is 11.3 Å². The fourth-order valence-corrected chi connectivity index (χ4v) is 4.50. The van der Waals surface area contributed by atoms with Crippen molar-refractivity contribution in [2.24, 2.45) is 0 Å². The SMILES string of the molecule is CC(c1ccccc1)N1CCN(C(=O)c2csc3ccccc23)CC1. The van der Waals surface area contributed by atoms with Gasteiger partial charge in [-0.1, -0.05) is 48.5 Å². The van der Waals surface area contributed by atoms with Crippen LogP contribution in [0.1, 0.15) is 28.9 Å². The van der Waals surface area contributed by atoms with Gasteiger partial charge in [0.2, 0.25) is 0 Å². The van der Waals surface area contributed by atoms with Crippen molar-refractivity contribution >= 4 is 27.3 Å². The fourth-order valence-electron chi connectivity index (χ4n) is 3.57. The van der Waals surface area contributed by atoms with Gasteiger partial charge in [0.25, 0.3) is 5.91 Å². The maximum absolute atomic E-state index is 12.9. The van der Waals surface area contributed by atoms with Crippen LogP contribution >= 0.6 is 11.3 Å². The number of piperazine rings is 1. The van der Waals surface area contributed by atoms with Gasteiger partial charge in [0.1, 0.15) is 0 Å². The van der Waals surface area contributed by atoms with Crippen LogP contribution in [-0.2, 0) is 0 Å². The van der Waals surface area contributed by atoms with E-state index in [4.69, 9.17) is 0 Å². The van der Waals surface area contributed by atoms with E-state index in [2.05, 4.69) is 48.2 Å². The van der Waals surface area contributed by atoms with Crippen molar-refractivity contribution in [3.05, 3.63) is 71.1 Å². The Balaban J connectivity index is 1.44. The van der Waals surface area contributed by atoms with E-state index in [0.29, 0.717) is 6.04 Å². The van der Waals surface area contributed by atoms with Crippen LogP contribution in [0.4, 0.5) is 0 Å². The smallest absolute Gasteiger partial charge is 0.255 e. The van der Waals surface area contributed by atoms with Crippen LogP contribution in [0.3, 0.4) is 0 Å². The summed E-state index contributed by atoms with van der Waals surface area (Å²) in [5.41, 5.74) is 2.19. The van der Waals surface area contributed by atoms with Crippen LogP contribution < -0.4 is 0 Å². The molecule has 0 bridgehead atoms. The molecule has 1 unspecified atom stereocenters. The second kappa shape index (κ2) is 6.98. The Morgan fingerprint density at radius 1 is 0.960 bits per heavy atom. The Bertz CT molecular complexity index is 866. The molecule has 0 spiro atoms. The zero-order valence-electron chi connectivity index (χ0n) is 14.4. The van der Waals surface area contributed by atoms with Crippen LogP contribution in [-0.4, -0.2) is 41.9 Å². The molecule has 1 saturated heterocycles. The quantitative estimate of drug-likeness (QED) is 0.698. The third-order valence-electron chi connectivity index (χ3n) is 5.14. The van der Waals surface area contributed by atoms with Crippen molar-refractivity contribution in [3.8, 4) is 0 Å². The summed E-state index contributed by atoms with van der Waals surface area (Å²) in [4.78, 5) is 17.4. The summed E-state index contributed by atoms with van der Waals surface area (Å²) >= 11 is 1.65. The minimum absolute atomic E-state index is 0.171. The van der Waals surface area contributed by atoms with Crippen molar-refractivity contribution in [3.63, 3.8) is 0 Å². The summed E-state index contributed by atoms with van der Waals surface area (Å²) in [6, 6.07) is 19.1. The Labute approximate surface area is 152 Å². The van der Waals surface area contributed by atoms with Crippen molar-refractivity contribution < 1.29 is 4.79 Å². The highest BCUT2D eigenvalue weighted by atomic mass is 32.1. The van der Waals surface area contributed by atoms with Gasteiger partial charge in [0.15, 0.2) is 0 Å². The molecule has 0 N–H and O–H groups in total.